The number of terminal acetylenes is 1. The summed E-state index contributed by atoms with van der Waals surface area (Å²) in [5.74, 6) is 2.62. The van der Waals surface area contributed by atoms with E-state index in [0.29, 0.717) is 19.4 Å². The largest absolute Gasteiger partial charge is 0.462 e. The normalized spacial score (nSPS) is 31.8. The van der Waals surface area contributed by atoms with Gasteiger partial charge in [0.15, 0.2) is 0 Å². The fourth-order valence-corrected chi connectivity index (χ4v) is 4.43. The van der Waals surface area contributed by atoms with Crippen molar-refractivity contribution in [2.45, 2.75) is 50.3 Å². The van der Waals surface area contributed by atoms with Crippen LogP contribution in [0.3, 0.4) is 0 Å². The van der Waals surface area contributed by atoms with E-state index in [2.05, 4.69) is 10.8 Å². The number of morpholine rings is 1. The van der Waals surface area contributed by atoms with Crippen LogP contribution in [0, 0.1) is 18.3 Å². The molecule has 7 nitrogen and oxygen atoms in total. The van der Waals surface area contributed by atoms with Crippen LogP contribution in [0.2, 0.25) is 0 Å². The van der Waals surface area contributed by atoms with Gasteiger partial charge in [-0.2, -0.15) is 0 Å². The van der Waals surface area contributed by atoms with E-state index in [1.54, 1.807) is 4.90 Å². The van der Waals surface area contributed by atoms with Crippen molar-refractivity contribution in [2.75, 3.05) is 40.0 Å². The first-order chi connectivity index (χ1) is 12.6. The van der Waals surface area contributed by atoms with Crippen LogP contribution in [0.5, 0.6) is 0 Å². The van der Waals surface area contributed by atoms with Gasteiger partial charge in [-0.15, -0.1) is 6.42 Å². The predicted octanol–water partition coefficient (Wildman–Crippen LogP) is 1.26. The van der Waals surface area contributed by atoms with Crippen LogP contribution in [-0.4, -0.2) is 80.0 Å². The Balaban J connectivity index is 1.56. The fourth-order valence-electron chi connectivity index (χ4n) is 4.43. The molecule has 4 atom stereocenters. The molecule has 144 valence electrons. The molecular formula is C19H28N2O5. The molecule has 0 bridgehead atoms. The second-order valence-corrected chi connectivity index (χ2v) is 7.19. The number of ether oxygens (including phenoxy) is 3. The van der Waals surface area contributed by atoms with Crippen LogP contribution in [-0.2, 0) is 19.0 Å². The maximum atomic E-state index is 12.3. The van der Waals surface area contributed by atoms with E-state index < -0.39 is 0 Å². The van der Waals surface area contributed by atoms with E-state index in [0.717, 1.165) is 45.6 Å². The van der Waals surface area contributed by atoms with E-state index in [4.69, 9.17) is 20.6 Å². The lowest BCUT2D eigenvalue weighted by Crippen LogP contribution is -2.46. The topological polar surface area (TPSA) is 68.3 Å². The first-order valence-corrected chi connectivity index (χ1v) is 9.46. The summed E-state index contributed by atoms with van der Waals surface area (Å²) in [6, 6.07) is -0.292. The zero-order valence-electron chi connectivity index (χ0n) is 15.4. The molecule has 0 aromatic rings. The molecule has 2 heterocycles. The first kappa shape index (κ1) is 19.0. The number of hydrogen-bond acceptors (Lipinski definition) is 6. The van der Waals surface area contributed by atoms with Crippen LogP contribution in [0.4, 0.5) is 4.79 Å². The number of likely N-dealkylation sites (tertiary alicyclic amines) is 1. The number of esters is 1. The Hall–Kier alpha value is -1.78. The standard InChI is InChI=1S/C19H28N2O5/c1-3-14-13-15-16(21(14)19(23)24-2)5-4-6-17(15)26-18(22)7-8-20-9-11-25-12-10-20/h1,14-17H,4-13H2,2H3/t14?,15-,16-,17+/m1/s1. The highest BCUT2D eigenvalue weighted by molar-refractivity contribution is 5.70. The van der Waals surface area contributed by atoms with Crippen LogP contribution >= 0.6 is 0 Å². The van der Waals surface area contributed by atoms with E-state index in [-0.39, 0.29) is 36.2 Å². The van der Waals surface area contributed by atoms with Crippen molar-refractivity contribution in [1.29, 1.82) is 0 Å². The fraction of sp³-hybridized carbons (Fsp3) is 0.789. The summed E-state index contributed by atoms with van der Waals surface area (Å²) in [6.07, 6.45) is 8.73. The average Bonchev–Trinajstić information content (AvgIpc) is 3.06. The molecule has 0 radical (unpaired) electrons. The Kier molecular flexibility index (Phi) is 6.38. The number of hydrogen-bond donors (Lipinski definition) is 0. The Labute approximate surface area is 154 Å². The number of methoxy groups -OCH3 is 1. The monoisotopic (exact) mass is 364 g/mol. The predicted molar refractivity (Wildman–Crippen MR) is 94.4 cm³/mol. The third kappa shape index (κ3) is 4.13. The van der Waals surface area contributed by atoms with Crippen LogP contribution in [0.1, 0.15) is 32.1 Å². The molecule has 0 aromatic heterocycles. The smallest absolute Gasteiger partial charge is 0.410 e. The van der Waals surface area contributed by atoms with Gasteiger partial charge in [0.1, 0.15) is 6.10 Å². The zero-order valence-corrected chi connectivity index (χ0v) is 15.4. The van der Waals surface area contributed by atoms with Gasteiger partial charge < -0.3 is 14.2 Å². The molecule has 1 saturated carbocycles. The van der Waals surface area contributed by atoms with Gasteiger partial charge in [-0.05, 0) is 25.7 Å². The highest BCUT2D eigenvalue weighted by atomic mass is 16.5. The molecule has 0 N–H and O–H groups in total. The minimum atomic E-state index is -0.389. The van der Waals surface area contributed by atoms with Gasteiger partial charge in [0, 0.05) is 31.6 Å². The Morgan fingerprint density at radius 1 is 1.27 bits per heavy atom. The number of rotatable bonds is 4. The highest BCUT2D eigenvalue weighted by Crippen LogP contribution is 2.41. The Morgan fingerprint density at radius 3 is 2.73 bits per heavy atom. The highest BCUT2D eigenvalue weighted by Gasteiger charge is 2.49. The van der Waals surface area contributed by atoms with E-state index in [1.165, 1.54) is 7.11 Å². The van der Waals surface area contributed by atoms with Gasteiger partial charge in [-0.3, -0.25) is 14.6 Å². The number of fused-ring (bicyclic) bond motifs is 1. The molecule has 0 aromatic carbocycles. The summed E-state index contributed by atoms with van der Waals surface area (Å²) in [5.41, 5.74) is 0. The van der Waals surface area contributed by atoms with Gasteiger partial charge in [-0.1, -0.05) is 5.92 Å². The Bertz CT molecular complexity index is 555. The first-order valence-electron chi connectivity index (χ1n) is 9.46. The van der Waals surface area contributed by atoms with Crippen LogP contribution in [0.25, 0.3) is 0 Å². The molecule has 3 fully saturated rings. The van der Waals surface area contributed by atoms with Gasteiger partial charge in [-0.25, -0.2) is 4.79 Å². The molecule has 2 saturated heterocycles. The van der Waals surface area contributed by atoms with Crippen molar-refractivity contribution in [3.05, 3.63) is 0 Å². The van der Waals surface area contributed by atoms with E-state index >= 15 is 0 Å². The van der Waals surface area contributed by atoms with Crippen molar-refractivity contribution in [1.82, 2.24) is 9.80 Å². The van der Waals surface area contributed by atoms with Crippen molar-refractivity contribution in [3.63, 3.8) is 0 Å². The average molecular weight is 364 g/mol. The molecular weight excluding hydrogens is 336 g/mol. The Morgan fingerprint density at radius 2 is 2.04 bits per heavy atom. The second kappa shape index (κ2) is 8.74. The minimum Gasteiger partial charge on any atom is -0.462 e. The number of carbonyl (C=O) groups excluding carboxylic acids is 2. The third-order valence-corrected chi connectivity index (χ3v) is 5.75. The molecule has 1 unspecified atom stereocenters. The SMILES string of the molecule is C#CC1C[C@H]2[C@@H](OC(=O)CCN3CCOCC3)CCC[C@H]2N1C(=O)OC. The van der Waals surface area contributed by atoms with Gasteiger partial charge in [0.2, 0.25) is 0 Å². The zero-order chi connectivity index (χ0) is 18.5. The summed E-state index contributed by atoms with van der Waals surface area (Å²) in [6.45, 7) is 3.86. The van der Waals surface area contributed by atoms with Crippen LogP contribution in [0.15, 0.2) is 0 Å². The van der Waals surface area contributed by atoms with Gasteiger partial charge in [0.25, 0.3) is 0 Å². The molecule has 1 amide bonds. The summed E-state index contributed by atoms with van der Waals surface area (Å²) >= 11 is 0. The molecule has 7 heteroatoms. The lowest BCUT2D eigenvalue weighted by atomic mass is 9.82. The summed E-state index contributed by atoms with van der Waals surface area (Å²) < 4.78 is 16.0. The summed E-state index contributed by atoms with van der Waals surface area (Å²) in [4.78, 5) is 28.4. The van der Waals surface area contributed by atoms with Crippen molar-refractivity contribution >= 4 is 12.1 Å². The van der Waals surface area contributed by atoms with E-state index in [9.17, 15) is 9.59 Å². The van der Waals surface area contributed by atoms with Crippen molar-refractivity contribution in [2.24, 2.45) is 5.92 Å². The van der Waals surface area contributed by atoms with Gasteiger partial charge in [0.05, 0.1) is 32.8 Å². The molecule has 2 aliphatic heterocycles. The van der Waals surface area contributed by atoms with Crippen LogP contribution < -0.4 is 0 Å². The number of amides is 1. The summed E-state index contributed by atoms with van der Waals surface area (Å²) in [5, 5.41) is 0. The quantitative estimate of drug-likeness (QED) is 0.553. The summed E-state index contributed by atoms with van der Waals surface area (Å²) in [7, 11) is 1.37. The van der Waals surface area contributed by atoms with Gasteiger partial charge >= 0.3 is 12.1 Å². The maximum Gasteiger partial charge on any atom is 0.410 e. The third-order valence-electron chi connectivity index (χ3n) is 5.75. The molecule has 3 aliphatic rings. The molecule has 26 heavy (non-hydrogen) atoms. The van der Waals surface area contributed by atoms with Crippen molar-refractivity contribution < 1.29 is 23.8 Å². The number of nitrogens with zero attached hydrogens (tertiary/aromatic N) is 2. The lowest BCUT2D eigenvalue weighted by Gasteiger charge is -2.36. The minimum absolute atomic E-state index is 0.00528. The molecule has 0 spiro atoms. The maximum absolute atomic E-state index is 12.3. The van der Waals surface area contributed by atoms with Crippen molar-refractivity contribution in [3.8, 4) is 12.3 Å². The second-order valence-electron chi connectivity index (χ2n) is 7.19. The molecule has 3 rings (SSSR count). The number of carbonyl (C=O) groups is 2. The molecule has 1 aliphatic carbocycles. The van der Waals surface area contributed by atoms with E-state index in [1.807, 2.05) is 0 Å². The lowest BCUT2D eigenvalue weighted by molar-refractivity contribution is -0.154.